The lowest BCUT2D eigenvalue weighted by atomic mass is 10.2. The third kappa shape index (κ3) is 8.15. The molecule has 0 N–H and O–H groups in total. The molecule has 0 aliphatic heterocycles. The number of halogens is 7. The number of hydrogen-bond acceptors (Lipinski definition) is 2. The van der Waals surface area contributed by atoms with Crippen molar-refractivity contribution in [3.63, 3.8) is 0 Å². The molecule has 1 rings (SSSR count). The summed E-state index contributed by atoms with van der Waals surface area (Å²) >= 11 is 3.06. The molecule has 0 atom stereocenters. The summed E-state index contributed by atoms with van der Waals surface area (Å²) in [5.74, 6) is -0.408. The van der Waals surface area contributed by atoms with Gasteiger partial charge < -0.3 is 4.74 Å². The predicted molar refractivity (Wildman–Crippen MR) is 68.3 cm³/mol. The summed E-state index contributed by atoms with van der Waals surface area (Å²) in [6, 6.07) is 4.75. The summed E-state index contributed by atoms with van der Waals surface area (Å²) in [5.41, 5.74) is 0.467. The van der Waals surface area contributed by atoms with Crippen LogP contribution in [0.25, 0.3) is 0 Å². The number of benzene rings is 1. The van der Waals surface area contributed by atoms with Gasteiger partial charge in [-0.2, -0.15) is 13.2 Å². The van der Waals surface area contributed by atoms with E-state index in [0.29, 0.717) is 10.9 Å². The molecule has 0 aromatic heterocycles. The van der Waals surface area contributed by atoms with Crippen LogP contribution in [-0.2, 0) is 6.54 Å². The minimum absolute atomic E-state index is 0.0165. The molecular formula is C12H12BrF6NO. The van der Waals surface area contributed by atoms with Gasteiger partial charge in [0.15, 0.2) is 0 Å². The van der Waals surface area contributed by atoms with E-state index in [1.165, 1.54) is 12.1 Å². The average Bonchev–Trinajstić information content (AvgIpc) is 2.28. The molecule has 0 saturated heterocycles. The van der Waals surface area contributed by atoms with Gasteiger partial charge in [-0.25, -0.2) is 0 Å². The molecule has 1 aromatic rings. The van der Waals surface area contributed by atoms with Crippen LogP contribution in [-0.4, -0.2) is 35.9 Å². The summed E-state index contributed by atoms with van der Waals surface area (Å²) in [6.45, 7) is -0.933. The van der Waals surface area contributed by atoms with Gasteiger partial charge in [0.1, 0.15) is 5.75 Å². The van der Waals surface area contributed by atoms with E-state index >= 15 is 0 Å². The minimum atomic E-state index is -4.79. The molecule has 0 aliphatic carbocycles. The van der Waals surface area contributed by atoms with Crippen LogP contribution in [0.15, 0.2) is 24.3 Å². The molecule has 0 fully saturated rings. The summed E-state index contributed by atoms with van der Waals surface area (Å²) in [5, 5.41) is 0.359. The molecule has 9 heteroatoms. The maximum absolute atomic E-state index is 12.4. The largest absolute Gasteiger partial charge is 0.573 e. The molecule has 0 aliphatic rings. The van der Waals surface area contributed by atoms with Crippen molar-refractivity contribution >= 4 is 15.9 Å². The Labute approximate surface area is 125 Å². The Morgan fingerprint density at radius 2 is 1.57 bits per heavy atom. The molecule has 21 heavy (non-hydrogen) atoms. The van der Waals surface area contributed by atoms with Crippen LogP contribution in [0.3, 0.4) is 0 Å². The highest BCUT2D eigenvalue weighted by molar-refractivity contribution is 9.09. The van der Waals surface area contributed by atoms with Crippen LogP contribution >= 0.6 is 15.9 Å². The Bertz CT molecular complexity index is 431. The van der Waals surface area contributed by atoms with Gasteiger partial charge in [0.25, 0.3) is 0 Å². The molecule has 0 radical (unpaired) electrons. The van der Waals surface area contributed by atoms with Crippen molar-refractivity contribution in [2.24, 2.45) is 0 Å². The van der Waals surface area contributed by atoms with E-state index in [0.717, 1.165) is 17.0 Å². The number of rotatable bonds is 6. The molecule has 1 aromatic carbocycles. The Balaban J connectivity index is 2.67. The SMILES string of the molecule is FC(F)(F)CN(CCBr)Cc1ccc(OC(F)(F)F)cc1. The standard InChI is InChI=1S/C12H12BrF6NO/c13-5-6-20(8-11(14,15)16)7-9-1-3-10(4-2-9)21-12(17,18)19/h1-4H,5-8H2. The monoisotopic (exact) mass is 379 g/mol. The van der Waals surface area contributed by atoms with Gasteiger partial charge in [-0.3, -0.25) is 4.90 Å². The van der Waals surface area contributed by atoms with Crippen LogP contribution in [0.2, 0.25) is 0 Å². The summed E-state index contributed by atoms with van der Waals surface area (Å²) in [7, 11) is 0. The lowest BCUT2D eigenvalue weighted by Crippen LogP contribution is -2.35. The van der Waals surface area contributed by atoms with Crippen molar-refractivity contribution in [3.05, 3.63) is 29.8 Å². The van der Waals surface area contributed by atoms with Crippen molar-refractivity contribution in [1.82, 2.24) is 4.90 Å². The Hall–Kier alpha value is -0.960. The Morgan fingerprint density at radius 3 is 2.00 bits per heavy atom. The van der Waals surface area contributed by atoms with Crippen LogP contribution < -0.4 is 4.74 Å². The molecule has 2 nitrogen and oxygen atoms in total. The predicted octanol–water partition coefficient (Wildman–Crippen LogP) is 4.34. The third-order valence-corrected chi connectivity index (χ3v) is 2.72. The quantitative estimate of drug-likeness (QED) is 0.538. The van der Waals surface area contributed by atoms with Crippen LogP contribution in [0, 0.1) is 0 Å². The number of hydrogen-bond donors (Lipinski definition) is 0. The Morgan fingerprint density at radius 1 is 1.00 bits per heavy atom. The molecular weight excluding hydrogens is 368 g/mol. The highest BCUT2D eigenvalue weighted by atomic mass is 79.9. The molecule has 0 amide bonds. The van der Waals surface area contributed by atoms with E-state index in [1.807, 2.05) is 0 Å². The first-order valence-corrected chi connectivity index (χ1v) is 6.91. The van der Waals surface area contributed by atoms with E-state index in [9.17, 15) is 26.3 Å². The highest BCUT2D eigenvalue weighted by Crippen LogP contribution is 2.23. The van der Waals surface area contributed by atoms with Crippen LogP contribution in [0.4, 0.5) is 26.3 Å². The van der Waals surface area contributed by atoms with E-state index in [4.69, 9.17) is 0 Å². The van der Waals surface area contributed by atoms with Crippen molar-refractivity contribution < 1.29 is 31.1 Å². The Kier molecular flexibility index (Phi) is 6.33. The highest BCUT2D eigenvalue weighted by Gasteiger charge is 2.31. The first kappa shape index (κ1) is 18.1. The van der Waals surface area contributed by atoms with Crippen LogP contribution in [0.5, 0.6) is 5.75 Å². The summed E-state index contributed by atoms with van der Waals surface area (Å²) in [6.07, 6.45) is -9.12. The van der Waals surface area contributed by atoms with Crippen molar-refractivity contribution in [2.75, 3.05) is 18.4 Å². The maximum Gasteiger partial charge on any atom is 0.573 e. The fourth-order valence-electron chi connectivity index (χ4n) is 1.64. The zero-order chi connectivity index (χ0) is 16.1. The zero-order valence-electron chi connectivity index (χ0n) is 10.6. The fourth-order valence-corrected chi connectivity index (χ4v) is 2.14. The van der Waals surface area contributed by atoms with E-state index in [1.54, 1.807) is 0 Å². The lowest BCUT2D eigenvalue weighted by Gasteiger charge is -2.22. The molecule has 0 bridgehead atoms. The van der Waals surface area contributed by atoms with Gasteiger partial charge in [-0.1, -0.05) is 28.1 Å². The fraction of sp³-hybridized carbons (Fsp3) is 0.500. The van der Waals surface area contributed by atoms with Gasteiger partial charge in [-0.05, 0) is 17.7 Å². The van der Waals surface area contributed by atoms with Crippen LogP contribution in [0.1, 0.15) is 5.56 Å². The van der Waals surface area contributed by atoms with Gasteiger partial charge >= 0.3 is 12.5 Å². The summed E-state index contributed by atoms with van der Waals surface area (Å²) in [4.78, 5) is 1.15. The molecule has 0 spiro atoms. The normalized spacial score (nSPS) is 12.8. The second kappa shape index (κ2) is 7.35. The van der Waals surface area contributed by atoms with Crippen molar-refractivity contribution in [3.8, 4) is 5.75 Å². The van der Waals surface area contributed by atoms with E-state index < -0.39 is 24.8 Å². The first-order chi connectivity index (χ1) is 9.59. The smallest absolute Gasteiger partial charge is 0.406 e. The summed E-state index contributed by atoms with van der Waals surface area (Å²) < 4.78 is 76.8. The van der Waals surface area contributed by atoms with Crippen molar-refractivity contribution in [1.29, 1.82) is 0 Å². The van der Waals surface area contributed by atoms with E-state index in [-0.39, 0.29) is 13.1 Å². The van der Waals surface area contributed by atoms with Gasteiger partial charge in [0.2, 0.25) is 0 Å². The average molecular weight is 380 g/mol. The maximum atomic E-state index is 12.4. The van der Waals surface area contributed by atoms with Gasteiger partial charge in [0, 0.05) is 18.4 Å². The zero-order valence-corrected chi connectivity index (χ0v) is 12.2. The number of ether oxygens (including phenoxy) is 1. The molecule has 0 saturated carbocycles. The second-order valence-corrected chi connectivity index (χ2v) is 5.00. The molecule has 120 valence electrons. The van der Waals surface area contributed by atoms with E-state index in [2.05, 4.69) is 20.7 Å². The number of nitrogens with zero attached hydrogens (tertiary/aromatic N) is 1. The second-order valence-electron chi connectivity index (χ2n) is 4.21. The lowest BCUT2D eigenvalue weighted by molar-refractivity contribution is -0.274. The molecule has 0 unspecified atom stereocenters. The number of alkyl halides is 7. The molecule has 0 heterocycles. The van der Waals surface area contributed by atoms with Crippen molar-refractivity contribution in [2.45, 2.75) is 19.1 Å². The first-order valence-electron chi connectivity index (χ1n) is 5.79. The van der Waals surface area contributed by atoms with Gasteiger partial charge in [0.05, 0.1) is 6.54 Å². The third-order valence-electron chi connectivity index (χ3n) is 2.37. The topological polar surface area (TPSA) is 12.5 Å². The minimum Gasteiger partial charge on any atom is -0.406 e. The van der Waals surface area contributed by atoms with Gasteiger partial charge in [-0.15, -0.1) is 13.2 Å².